The van der Waals surface area contributed by atoms with Crippen molar-refractivity contribution in [2.45, 2.75) is 24.6 Å². The second-order valence-corrected chi connectivity index (χ2v) is 6.54. The van der Waals surface area contributed by atoms with Crippen LogP contribution in [-0.4, -0.2) is 33.5 Å². The Morgan fingerprint density at radius 1 is 1.36 bits per heavy atom. The van der Waals surface area contributed by atoms with Gasteiger partial charge in [0.05, 0.1) is 12.4 Å². The SMILES string of the molecule is CCOC(=O)CC(=O)CSc1nc(-c2cccc(C)c2)ns1. The molecule has 2 rings (SSSR count). The molecule has 0 unspecified atom stereocenters. The lowest BCUT2D eigenvalue weighted by atomic mass is 10.1. The first-order valence-corrected chi connectivity index (χ1v) is 8.55. The number of Topliss-reactive ketones (excluding diaryl/α,β-unsaturated/α-hetero) is 1. The van der Waals surface area contributed by atoms with Crippen LogP contribution in [0.15, 0.2) is 28.6 Å². The van der Waals surface area contributed by atoms with Crippen LogP contribution in [-0.2, 0) is 14.3 Å². The summed E-state index contributed by atoms with van der Waals surface area (Å²) in [6.45, 7) is 4.01. The van der Waals surface area contributed by atoms with E-state index in [-0.39, 0.29) is 24.6 Å². The number of esters is 1. The highest BCUT2D eigenvalue weighted by atomic mass is 32.2. The lowest BCUT2D eigenvalue weighted by Crippen LogP contribution is -2.12. The molecule has 0 saturated heterocycles. The van der Waals surface area contributed by atoms with Crippen molar-refractivity contribution >= 4 is 35.0 Å². The summed E-state index contributed by atoms with van der Waals surface area (Å²) in [5, 5.41) is 0. The second kappa shape index (κ2) is 8.05. The smallest absolute Gasteiger partial charge is 0.313 e. The van der Waals surface area contributed by atoms with Gasteiger partial charge in [0.1, 0.15) is 6.42 Å². The van der Waals surface area contributed by atoms with Gasteiger partial charge in [0.25, 0.3) is 0 Å². The van der Waals surface area contributed by atoms with E-state index < -0.39 is 5.97 Å². The molecule has 0 bridgehead atoms. The Morgan fingerprint density at radius 2 is 2.18 bits per heavy atom. The van der Waals surface area contributed by atoms with E-state index in [0.29, 0.717) is 10.2 Å². The van der Waals surface area contributed by atoms with Crippen LogP contribution in [0, 0.1) is 6.92 Å². The van der Waals surface area contributed by atoms with Gasteiger partial charge >= 0.3 is 5.97 Å². The Hall–Kier alpha value is -1.73. The number of carbonyl (C=O) groups is 2. The summed E-state index contributed by atoms with van der Waals surface area (Å²) in [4.78, 5) is 27.3. The molecule has 2 aromatic rings. The highest BCUT2D eigenvalue weighted by Crippen LogP contribution is 2.25. The normalized spacial score (nSPS) is 10.5. The topological polar surface area (TPSA) is 69.2 Å². The Morgan fingerprint density at radius 3 is 2.91 bits per heavy atom. The predicted molar refractivity (Wildman–Crippen MR) is 87.1 cm³/mol. The molecule has 0 fully saturated rings. The average molecular weight is 336 g/mol. The molecule has 1 heterocycles. The van der Waals surface area contributed by atoms with Crippen molar-refractivity contribution in [1.29, 1.82) is 0 Å². The first kappa shape index (κ1) is 16.6. The van der Waals surface area contributed by atoms with E-state index >= 15 is 0 Å². The summed E-state index contributed by atoms with van der Waals surface area (Å²) in [5.74, 6) is 0.206. The molecule has 0 aliphatic carbocycles. The van der Waals surface area contributed by atoms with Crippen molar-refractivity contribution in [3.63, 3.8) is 0 Å². The highest BCUT2D eigenvalue weighted by molar-refractivity contribution is 8.01. The zero-order chi connectivity index (χ0) is 15.9. The predicted octanol–water partition coefficient (Wildman–Crippen LogP) is 3.13. The first-order valence-electron chi connectivity index (χ1n) is 6.79. The van der Waals surface area contributed by atoms with Gasteiger partial charge in [-0.25, -0.2) is 4.98 Å². The van der Waals surface area contributed by atoms with Crippen molar-refractivity contribution in [2.24, 2.45) is 0 Å². The molecular weight excluding hydrogens is 320 g/mol. The second-order valence-electron chi connectivity index (χ2n) is 4.56. The number of rotatable bonds is 7. The summed E-state index contributed by atoms with van der Waals surface area (Å²) < 4.78 is 9.76. The first-order chi connectivity index (χ1) is 10.6. The number of thioether (sulfide) groups is 1. The van der Waals surface area contributed by atoms with E-state index in [4.69, 9.17) is 4.74 Å². The monoisotopic (exact) mass is 336 g/mol. The van der Waals surface area contributed by atoms with Crippen LogP contribution in [0.1, 0.15) is 18.9 Å². The molecule has 5 nitrogen and oxygen atoms in total. The Kier molecular flexibility index (Phi) is 6.09. The summed E-state index contributed by atoms with van der Waals surface area (Å²) in [6.07, 6.45) is -0.190. The van der Waals surface area contributed by atoms with Crippen molar-refractivity contribution in [3.05, 3.63) is 29.8 Å². The van der Waals surface area contributed by atoms with Gasteiger partial charge in [-0.2, -0.15) is 4.37 Å². The van der Waals surface area contributed by atoms with Crippen LogP contribution < -0.4 is 0 Å². The lowest BCUT2D eigenvalue weighted by molar-refractivity contribution is -0.145. The number of benzene rings is 1. The fourth-order valence-electron chi connectivity index (χ4n) is 1.74. The van der Waals surface area contributed by atoms with Crippen LogP contribution in [0.2, 0.25) is 0 Å². The number of nitrogens with zero attached hydrogens (tertiary/aromatic N) is 2. The third kappa shape index (κ3) is 4.92. The van der Waals surface area contributed by atoms with Crippen LogP contribution in [0.4, 0.5) is 0 Å². The largest absolute Gasteiger partial charge is 0.466 e. The zero-order valence-electron chi connectivity index (χ0n) is 12.4. The molecule has 0 atom stereocenters. The molecule has 7 heteroatoms. The third-order valence-corrected chi connectivity index (χ3v) is 4.58. The maximum absolute atomic E-state index is 11.7. The summed E-state index contributed by atoms with van der Waals surface area (Å²) in [7, 11) is 0. The van der Waals surface area contributed by atoms with E-state index in [1.807, 2.05) is 31.2 Å². The molecule has 0 radical (unpaired) electrons. The molecule has 0 spiro atoms. The maximum Gasteiger partial charge on any atom is 0.313 e. The van der Waals surface area contributed by atoms with Crippen molar-refractivity contribution in [3.8, 4) is 11.4 Å². The fraction of sp³-hybridized carbons (Fsp3) is 0.333. The van der Waals surface area contributed by atoms with Gasteiger partial charge < -0.3 is 4.74 Å². The summed E-state index contributed by atoms with van der Waals surface area (Å²) >= 11 is 2.55. The number of hydrogen-bond acceptors (Lipinski definition) is 7. The van der Waals surface area contributed by atoms with Crippen LogP contribution >= 0.6 is 23.3 Å². The zero-order valence-corrected chi connectivity index (χ0v) is 14.0. The van der Waals surface area contributed by atoms with E-state index in [1.165, 1.54) is 23.3 Å². The van der Waals surface area contributed by atoms with Gasteiger partial charge in [-0.05, 0) is 31.4 Å². The molecule has 0 saturated carbocycles. The Balaban J connectivity index is 1.90. The summed E-state index contributed by atoms with van der Waals surface area (Å²) in [5.41, 5.74) is 2.10. The number of ether oxygens (including phenoxy) is 1. The quantitative estimate of drug-likeness (QED) is 0.439. The third-order valence-electron chi connectivity index (χ3n) is 2.69. The molecule has 0 aliphatic rings. The number of aryl methyl sites for hydroxylation is 1. The van der Waals surface area contributed by atoms with Crippen LogP contribution in [0.25, 0.3) is 11.4 Å². The Labute approximate surface area is 137 Å². The van der Waals surface area contributed by atoms with Crippen molar-refractivity contribution in [2.75, 3.05) is 12.4 Å². The van der Waals surface area contributed by atoms with E-state index in [2.05, 4.69) is 9.36 Å². The molecule has 116 valence electrons. The van der Waals surface area contributed by atoms with E-state index in [9.17, 15) is 9.59 Å². The lowest BCUT2D eigenvalue weighted by Gasteiger charge is -2.00. The molecule has 22 heavy (non-hydrogen) atoms. The molecular formula is C15H16N2O3S2. The molecule has 1 aromatic carbocycles. The summed E-state index contributed by atoms with van der Waals surface area (Å²) in [6, 6.07) is 7.94. The van der Waals surface area contributed by atoms with Gasteiger partial charge in [-0.15, -0.1) is 0 Å². The number of ketones is 1. The minimum atomic E-state index is -0.481. The molecule has 0 N–H and O–H groups in total. The van der Waals surface area contributed by atoms with E-state index in [0.717, 1.165) is 11.1 Å². The van der Waals surface area contributed by atoms with Crippen LogP contribution in [0.5, 0.6) is 0 Å². The minimum Gasteiger partial charge on any atom is -0.466 e. The Bertz CT molecular complexity index is 670. The van der Waals surface area contributed by atoms with E-state index in [1.54, 1.807) is 6.92 Å². The molecule has 0 aliphatic heterocycles. The van der Waals surface area contributed by atoms with Gasteiger partial charge in [0, 0.05) is 5.56 Å². The number of hydrogen-bond donors (Lipinski definition) is 0. The molecule has 1 aromatic heterocycles. The highest BCUT2D eigenvalue weighted by Gasteiger charge is 2.13. The number of aromatic nitrogens is 2. The van der Waals surface area contributed by atoms with Crippen LogP contribution in [0.3, 0.4) is 0 Å². The van der Waals surface area contributed by atoms with Gasteiger partial charge in [-0.1, -0.05) is 35.5 Å². The average Bonchev–Trinajstić information content (AvgIpc) is 2.94. The van der Waals surface area contributed by atoms with Crippen molar-refractivity contribution < 1.29 is 14.3 Å². The van der Waals surface area contributed by atoms with Crippen molar-refractivity contribution in [1.82, 2.24) is 9.36 Å². The number of carbonyl (C=O) groups excluding carboxylic acids is 2. The standard InChI is InChI=1S/C15H16N2O3S2/c1-3-20-13(19)8-12(18)9-21-15-16-14(17-22-15)11-6-4-5-10(2)7-11/h4-7H,3,8-9H2,1-2H3. The minimum absolute atomic E-state index is 0.171. The fourth-order valence-corrected chi connectivity index (χ4v) is 3.21. The molecule has 0 amide bonds. The maximum atomic E-state index is 11.7. The van der Waals surface area contributed by atoms with Gasteiger partial charge in [0.2, 0.25) is 0 Å². The van der Waals surface area contributed by atoms with Gasteiger partial charge in [0.15, 0.2) is 15.9 Å². The van der Waals surface area contributed by atoms with Gasteiger partial charge in [-0.3, -0.25) is 9.59 Å².